The Labute approximate surface area is 165 Å². The van der Waals surface area contributed by atoms with E-state index in [0.29, 0.717) is 6.29 Å². The summed E-state index contributed by atoms with van der Waals surface area (Å²) in [5.74, 6) is -3.60. The Kier molecular flexibility index (Phi) is 5.20. The van der Waals surface area contributed by atoms with Crippen molar-refractivity contribution >= 4 is 35.4 Å². The summed E-state index contributed by atoms with van der Waals surface area (Å²) in [5.41, 5.74) is 0.0880. The lowest BCUT2D eigenvalue weighted by Crippen LogP contribution is -2.25. The predicted molar refractivity (Wildman–Crippen MR) is 98.7 cm³/mol. The van der Waals surface area contributed by atoms with E-state index in [0.717, 1.165) is 7.11 Å². The van der Waals surface area contributed by atoms with Crippen LogP contribution in [-0.4, -0.2) is 45.2 Å². The first-order chi connectivity index (χ1) is 13.4. The first-order valence-electron chi connectivity index (χ1n) is 8.11. The lowest BCUT2D eigenvalue weighted by Gasteiger charge is -2.26. The third-order valence-corrected chi connectivity index (χ3v) is 4.94. The molecule has 28 heavy (non-hydrogen) atoms. The van der Waals surface area contributed by atoms with Crippen LogP contribution in [0.25, 0.3) is 0 Å². The number of carbonyl (C=O) groups excluding carboxylic acids is 4. The first-order valence-corrected chi connectivity index (χ1v) is 8.49. The molecule has 0 bridgehead atoms. The molecule has 7 nitrogen and oxygen atoms in total. The third kappa shape index (κ3) is 2.66. The van der Waals surface area contributed by atoms with Gasteiger partial charge in [-0.25, -0.2) is 0 Å². The van der Waals surface area contributed by atoms with Crippen LogP contribution in [0.5, 0.6) is 11.5 Å². The molecule has 1 atom stereocenters. The number of benzene rings is 2. The van der Waals surface area contributed by atoms with E-state index in [-0.39, 0.29) is 44.3 Å². The van der Waals surface area contributed by atoms with Gasteiger partial charge in [0.15, 0.2) is 11.6 Å². The fourth-order valence-electron chi connectivity index (χ4n) is 3.33. The highest BCUT2D eigenvalue weighted by Crippen LogP contribution is 2.48. The summed E-state index contributed by atoms with van der Waals surface area (Å²) in [4.78, 5) is 50.0. The Bertz CT molecular complexity index is 1030. The maximum absolute atomic E-state index is 13.2. The molecule has 1 unspecified atom stereocenters. The molecule has 0 amide bonds. The molecule has 0 heterocycles. The fraction of sp³-hybridized carbons (Fsp3) is 0.200. The molecule has 0 N–H and O–H groups in total. The van der Waals surface area contributed by atoms with Crippen molar-refractivity contribution in [3.63, 3.8) is 0 Å². The maximum Gasteiger partial charge on any atom is 0.320 e. The molecule has 144 valence electrons. The molecular weight excluding hydrogens is 388 g/mol. The van der Waals surface area contributed by atoms with Gasteiger partial charge in [-0.1, -0.05) is 35.9 Å². The number of hydrogen-bond donors (Lipinski definition) is 0. The Morgan fingerprint density at radius 2 is 1.46 bits per heavy atom. The van der Waals surface area contributed by atoms with Gasteiger partial charge < -0.3 is 19.0 Å². The van der Waals surface area contributed by atoms with Crippen LogP contribution >= 0.6 is 11.6 Å². The quantitative estimate of drug-likeness (QED) is 0.367. The minimum absolute atomic E-state index is 0.0775. The topological polar surface area (TPSA) is 96.0 Å². The van der Waals surface area contributed by atoms with E-state index in [4.69, 9.17) is 21.1 Å². The van der Waals surface area contributed by atoms with Crippen LogP contribution in [0.2, 0.25) is 5.02 Å². The average molecular weight is 403 g/mol. The number of rotatable bonds is 5. The van der Waals surface area contributed by atoms with E-state index in [1.807, 2.05) is 0 Å². The third-order valence-electron chi connectivity index (χ3n) is 4.57. The van der Waals surface area contributed by atoms with Gasteiger partial charge in [0.1, 0.15) is 23.7 Å². The van der Waals surface area contributed by atoms with Gasteiger partial charge in [0.2, 0.25) is 0 Å². The van der Waals surface area contributed by atoms with E-state index >= 15 is 0 Å². The van der Waals surface area contributed by atoms with E-state index in [9.17, 15) is 19.2 Å². The van der Waals surface area contributed by atoms with Gasteiger partial charge in [-0.2, -0.15) is 0 Å². The van der Waals surface area contributed by atoms with E-state index in [1.165, 1.54) is 26.4 Å². The average Bonchev–Trinajstić information content (AvgIpc) is 2.72. The molecular formula is C20H15ClO7. The molecule has 0 saturated carbocycles. The van der Waals surface area contributed by atoms with Crippen LogP contribution in [0.1, 0.15) is 43.3 Å². The van der Waals surface area contributed by atoms with Crippen LogP contribution in [-0.2, 0) is 14.3 Å². The summed E-state index contributed by atoms with van der Waals surface area (Å²) in [5, 5.41) is -0.180. The summed E-state index contributed by atoms with van der Waals surface area (Å²) in [6, 6.07) is 6.29. The summed E-state index contributed by atoms with van der Waals surface area (Å²) < 4.78 is 15.3. The Balaban J connectivity index is 2.46. The van der Waals surface area contributed by atoms with Crippen LogP contribution < -0.4 is 9.47 Å². The summed E-state index contributed by atoms with van der Waals surface area (Å²) >= 11 is 6.41. The highest BCUT2D eigenvalue weighted by molar-refractivity contribution is 6.37. The standard InChI is InChI=1S/C20H15ClO7/c1-26-18-12(11(8-22)20(25)28-3)15(21)19(27-2)14-13(18)16(23)9-6-4-5-7-10(9)17(14)24/h4-8,11H,1-3H3. The summed E-state index contributed by atoms with van der Waals surface area (Å²) in [6.45, 7) is 0. The second-order valence-corrected chi connectivity index (χ2v) is 6.26. The predicted octanol–water partition coefficient (Wildman–Crippen LogP) is 2.59. The Morgan fingerprint density at radius 3 is 1.89 bits per heavy atom. The molecule has 0 saturated heterocycles. The highest BCUT2D eigenvalue weighted by Gasteiger charge is 2.41. The van der Waals surface area contributed by atoms with Crippen LogP contribution in [0, 0.1) is 0 Å². The van der Waals surface area contributed by atoms with Crippen molar-refractivity contribution in [3.05, 3.63) is 57.1 Å². The Morgan fingerprint density at radius 1 is 0.964 bits per heavy atom. The molecule has 2 aromatic rings. The molecule has 8 heteroatoms. The molecule has 1 aliphatic rings. The van der Waals surface area contributed by atoms with Gasteiger partial charge in [-0.15, -0.1) is 0 Å². The van der Waals surface area contributed by atoms with Gasteiger partial charge >= 0.3 is 5.97 Å². The van der Waals surface area contributed by atoms with Crippen molar-refractivity contribution in [1.29, 1.82) is 0 Å². The van der Waals surface area contributed by atoms with E-state index in [1.54, 1.807) is 12.1 Å². The zero-order valence-electron chi connectivity index (χ0n) is 15.2. The molecule has 0 aromatic heterocycles. The van der Waals surface area contributed by atoms with Crippen molar-refractivity contribution in [1.82, 2.24) is 0 Å². The second-order valence-electron chi connectivity index (χ2n) is 5.88. The zero-order chi connectivity index (χ0) is 20.6. The van der Waals surface area contributed by atoms with Crippen molar-refractivity contribution in [2.24, 2.45) is 0 Å². The normalized spacial score (nSPS) is 13.3. The van der Waals surface area contributed by atoms with Crippen molar-refractivity contribution < 1.29 is 33.4 Å². The van der Waals surface area contributed by atoms with Gasteiger partial charge in [0.25, 0.3) is 0 Å². The Hall–Kier alpha value is -3.19. The molecule has 0 fully saturated rings. The monoisotopic (exact) mass is 402 g/mol. The molecule has 2 aromatic carbocycles. The second kappa shape index (κ2) is 7.44. The van der Waals surface area contributed by atoms with E-state index in [2.05, 4.69) is 4.74 Å². The van der Waals surface area contributed by atoms with Crippen molar-refractivity contribution in [2.45, 2.75) is 5.92 Å². The largest absolute Gasteiger partial charge is 0.496 e. The number of carbonyl (C=O) groups is 4. The minimum Gasteiger partial charge on any atom is -0.496 e. The molecule has 1 aliphatic carbocycles. The first kappa shape index (κ1) is 19.6. The number of ketones is 2. The minimum atomic E-state index is -1.47. The summed E-state index contributed by atoms with van der Waals surface area (Å²) in [6.07, 6.45) is 0.324. The maximum atomic E-state index is 13.2. The molecule has 0 radical (unpaired) electrons. The van der Waals surface area contributed by atoms with Crippen LogP contribution in [0.3, 0.4) is 0 Å². The number of aldehydes is 1. The number of hydrogen-bond acceptors (Lipinski definition) is 7. The number of halogens is 1. The SMILES string of the molecule is COC(=O)C(C=O)c1c(Cl)c(OC)c2c(c1OC)C(=O)c1ccccc1C2=O. The van der Waals surface area contributed by atoms with Crippen molar-refractivity contribution in [3.8, 4) is 11.5 Å². The van der Waals surface area contributed by atoms with Crippen molar-refractivity contribution in [2.75, 3.05) is 21.3 Å². The van der Waals surface area contributed by atoms with Gasteiger partial charge in [0, 0.05) is 16.7 Å². The van der Waals surface area contributed by atoms with Crippen LogP contribution in [0.15, 0.2) is 24.3 Å². The number of methoxy groups -OCH3 is 3. The molecule has 0 aliphatic heterocycles. The van der Waals surface area contributed by atoms with Gasteiger partial charge in [-0.05, 0) is 0 Å². The number of fused-ring (bicyclic) bond motifs is 2. The smallest absolute Gasteiger partial charge is 0.320 e. The lowest BCUT2D eigenvalue weighted by molar-refractivity contribution is -0.143. The lowest BCUT2D eigenvalue weighted by atomic mass is 9.80. The zero-order valence-corrected chi connectivity index (χ0v) is 16.0. The molecule has 0 spiro atoms. The highest BCUT2D eigenvalue weighted by atomic mass is 35.5. The number of ether oxygens (including phenoxy) is 3. The van der Waals surface area contributed by atoms with Gasteiger partial charge in [0.05, 0.1) is 37.5 Å². The van der Waals surface area contributed by atoms with E-state index < -0.39 is 23.5 Å². The molecule has 3 rings (SSSR count). The van der Waals surface area contributed by atoms with Gasteiger partial charge in [-0.3, -0.25) is 14.4 Å². The van der Waals surface area contributed by atoms with Crippen LogP contribution in [0.4, 0.5) is 0 Å². The summed E-state index contributed by atoms with van der Waals surface area (Å²) in [7, 11) is 3.63. The fourth-order valence-corrected chi connectivity index (χ4v) is 3.70. The number of esters is 1.